The quantitative estimate of drug-likeness (QED) is 0.410. The maximum Gasteiger partial charge on any atom is 0.339 e. The minimum absolute atomic E-state index is 0.0123. The lowest BCUT2D eigenvalue weighted by Crippen LogP contribution is -2.54. The topological polar surface area (TPSA) is 82.1 Å². The van der Waals surface area contributed by atoms with Crippen LogP contribution in [0.4, 0.5) is 4.39 Å². The fourth-order valence-corrected chi connectivity index (χ4v) is 7.97. The third-order valence-corrected chi connectivity index (χ3v) is 9.50. The van der Waals surface area contributed by atoms with Crippen LogP contribution in [0.1, 0.15) is 44.1 Å². The van der Waals surface area contributed by atoms with Crippen LogP contribution in [0.3, 0.4) is 0 Å². The van der Waals surface area contributed by atoms with Gasteiger partial charge in [-0.25, -0.2) is 4.39 Å². The number of rotatable bonds is 10. The Morgan fingerprint density at radius 2 is 1.59 bits per heavy atom. The number of nitrogens with zero attached hydrogens (tertiary/aromatic N) is 1. The van der Waals surface area contributed by atoms with Gasteiger partial charge in [-0.3, -0.25) is 4.79 Å². The normalized spacial score (nSPS) is 26.2. The van der Waals surface area contributed by atoms with E-state index in [-0.39, 0.29) is 27.7 Å². The molecule has 4 saturated carbocycles. The van der Waals surface area contributed by atoms with Gasteiger partial charge in [0.1, 0.15) is 10.7 Å². The van der Waals surface area contributed by atoms with E-state index in [9.17, 15) is 17.6 Å². The standard InChI is InChI=1S/C28H34FNO6S/c1-34-10-9-30(27(31)28-15-20-11-21(16-28)13-22(12-20)17-28)18-19-3-8-25(35-2)26(14-19)36-37(32,33)24-6-4-23(29)5-7-24/h3-8,14,20-22H,9-13,15-18H2,1-2H3. The fraction of sp³-hybridized carbons (Fsp3) is 0.536. The van der Waals surface area contributed by atoms with E-state index in [4.69, 9.17) is 13.7 Å². The molecule has 37 heavy (non-hydrogen) atoms. The van der Waals surface area contributed by atoms with Gasteiger partial charge in [0.15, 0.2) is 11.5 Å². The largest absolute Gasteiger partial charge is 0.493 e. The first kappa shape index (κ1) is 26.0. The number of halogens is 1. The number of carbonyl (C=O) groups excluding carboxylic acids is 1. The van der Waals surface area contributed by atoms with Gasteiger partial charge in [-0.15, -0.1) is 0 Å². The summed E-state index contributed by atoms with van der Waals surface area (Å²) in [6, 6.07) is 9.46. The Hall–Kier alpha value is -2.65. The average Bonchev–Trinajstić information content (AvgIpc) is 2.85. The molecule has 0 aromatic heterocycles. The summed E-state index contributed by atoms with van der Waals surface area (Å²) in [4.78, 5) is 15.7. The smallest absolute Gasteiger partial charge is 0.339 e. The van der Waals surface area contributed by atoms with Gasteiger partial charge >= 0.3 is 10.1 Å². The molecule has 4 aliphatic rings. The molecule has 6 rings (SSSR count). The maximum atomic E-state index is 14.0. The number of ether oxygens (including phenoxy) is 2. The minimum atomic E-state index is -4.22. The highest BCUT2D eigenvalue weighted by atomic mass is 32.2. The van der Waals surface area contributed by atoms with Crippen molar-refractivity contribution in [1.82, 2.24) is 4.90 Å². The van der Waals surface area contributed by atoms with Crippen molar-refractivity contribution in [2.45, 2.75) is 50.0 Å². The Bertz CT molecular complexity index is 1210. The second kappa shape index (κ2) is 10.3. The van der Waals surface area contributed by atoms with Gasteiger partial charge in [0.05, 0.1) is 19.1 Å². The van der Waals surface area contributed by atoms with Crippen LogP contribution in [0.25, 0.3) is 0 Å². The van der Waals surface area contributed by atoms with Crippen LogP contribution in [0.15, 0.2) is 47.4 Å². The van der Waals surface area contributed by atoms with E-state index >= 15 is 0 Å². The summed E-state index contributed by atoms with van der Waals surface area (Å²) in [5.41, 5.74) is 0.430. The van der Waals surface area contributed by atoms with Gasteiger partial charge in [-0.05, 0) is 98.2 Å². The maximum absolute atomic E-state index is 14.0. The number of hydrogen-bond donors (Lipinski definition) is 0. The summed E-state index contributed by atoms with van der Waals surface area (Å²) in [6.45, 7) is 1.17. The lowest BCUT2D eigenvalue weighted by atomic mass is 9.49. The molecule has 4 bridgehead atoms. The first-order valence-corrected chi connectivity index (χ1v) is 14.3. The lowest BCUT2D eigenvalue weighted by molar-refractivity contribution is -0.159. The Kier molecular flexibility index (Phi) is 7.20. The van der Waals surface area contributed by atoms with Crippen molar-refractivity contribution in [1.29, 1.82) is 0 Å². The van der Waals surface area contributed by atoms with Gasteiger partial charge < -0.3 is 18.6 Å². The molecule has 0 aliphatic heterocycles. The molecule has 0 saturated heterocycles. The third kappa shape index (κ3) is 5.34. The van der Waals surface area contributed by atoms with Crippen LogP contribution in [0.5, 0.6) is 11.5 Å². The Morgan fingerprint density at radius 1 is 0.973 bits per heavy atom. The van der Waals surface area contributed by atoms with E-state index in [0.717, 1.165) is 49.1 Å². The number of carbonyl (C=O) groups is 1. The van der Waals surface area contributed by atoms with Gasteiger partial charge in [0, 0.05) is 20.2 Å². The van der Waals surface area contributed by atoms with Crippen LogP contribution < -0.4 is 8.92 Å². The summed E-state index contributed by atoms with van der Waals surface area (Å²) < 4.78 is 55.0. The summed E-state index contributed by atoms with van der Waals surface area (Å²) in [5.74, 6) is 1.84. The van der Waals surface area contributed by atoms with Crippen molar-refractivity contribution in [3.8, 4) is 11.5 Å². The highest BCUT2D eigenvalue weighted by Gasteiger charge is 2.55. The molecule has 0 unspecified atom stereocenters. The molecule has 0 atom stereocenters. The Balaban J connectivity index is 1.39. The molecule has 0 spiro atoms. The van der Waals surface area contributed by atoms with Gasteiger partial charge in [-0.2, -0.15) is 8.42 Å². The highest BCUT2D eigenvalue weighted by Crippen LogP contribution is 2.60. The zero-order valence-corrected chi connectivity index (χ0v) is 22.1. The molecule has 200 valence electrons. The minimum Gasteiger partial charge on any atom is -0.493 e. The molecule has 0 heterocycles. The number of hydrogen-bond acceptors (Lipinski definition) is 6. The molecular weight excluding hydrogens is 497 g/mol. The van der Waals surface area contributed by atoms with E-state index in [2.05, 4.69) is 0 Å². The predicted octanol–water partition coefficient (Wildman–Crippen LogP) is 4.79. The van der Waals surface area contributed by atoms with Crippen molar-refractivity contribution in [2.24, 2.45) is 23.2 Å². The lowest BCUT2D eigenvalue weighted by Gasteiger charge is -2.56. The van der Waals surface area contributed by atoms with Crippen LogP contribution in [0, 0.1) is 29.0 Å². The molecule has 1 amide bonds. The first-order valence-electron chi connectivity index (χ1n) is 12.9. The van der Waals surface area contributed by atoms with Crippen molar-refractivity contribution in [3.63, 3.8) is 0 Å². The molecule has 7 nitrogen and oxygen atoms in total. The summed E-state index contributed by atoms with van der Waals surface area (Å²) >= 11 is 0. The van der Waals surface area contributed by atoms with E-state index in [1.165, 1.54) is 26.4 Å². The average molecular weight is 532 g/mol. The van der Waals surface area contributed by atoms with Crippen molar-refractivity contribution < 1.29 is 31.3 Å². The monoisotopic (exact) mass is 531 g/mol. The van der Waals surface area contributed by atoms with Crippen LogP contribution >= 0.6 is 0 Å². The molecule has 0 N–H and O–H groups in total. The molecule has 2 aromatic rings. The van der Waals surface area contributed by atoms with Gasteiger partial charge in [0.25, 0.3) is 0 Å². The summed E-state index contributed by atoms with van der Waals surface area (Å²) in [7, 11) is -1.17. The Labute approximate surface area is 218 Å². The van der Waals surface area contributed by atoms with E-state index in [1.54, 1.807) is 19.2 Å². The van der Waals surface area contributed by atoms with E-state index < -0.39 is 15.9 Å². The predicted molar refractivity (Wildman–Crippen MR) is 135 cm³/mol. The summed E-state index contributed by atoms with van der Waals surface area (Å²) in [5, 5.41) is 0. The zero-order chi connectivity index (χ0) is 26.2. The van der Waals surface area contributed by atoms with E-state index in [1.807, 2.05) is 11.0 Å². The fourth-order valence-electron chi connectivity index (χ4n) is 7.03. The molecule has 2 aromatic carbocycles. The SMILES string of the molecule is COCCN(Cc1ccc(OC)c(OS(=O)(=O)c2ccc(F)cc2)c1)C(=O)C12CC3CC(CC(C3)C1)C2. The second-order valence-electron chi connectivity index (χ2n) is 10.9. The molecule has 4 fully saturated rings. The van der Waals surface area contributed by atoms with Crippen molar-refractivity contribution >= 4 is 16.0 Å². The number of amides is 1. The van der Waals surface area contributed by atoms with Gasteiger partial charge in [0.2, 0.25) is 5.91 Å². The third-order valence-electron chi connectivity index (χ3n) is 8.25. The first-order chi connectivity index (χ1) is 17.7. The molecule has 9 heteroatoms. The van der Waals surface area contributed by atoms with E-state index in [0.29, 0.717) is 37.5 Å². The van der Waals surface area contributed by atoms with Crippen LogP contribution in [-0.2, 0) is 26.2 Å². The number of methoxy groups -OCH3 is 2. The van der Waals surface area contributed by atoms with Crippen LogP contribution in [-0.4, -0.2) is 46.6 Å². The Morgan fingerprint density at radius 3 is 2.16 bits per heavy atom. The van der Waals surface area contributed by atoms with Crippen molar-refractivity contribution in [3.05, 3.63) is 53.8 Å². The van der Waals surface area contributed by atoms with Crippen LogP contribution in [0.2, 0.25) is 0 Å². The number of benzene rings is 2. The molecule has 0 radical (unpaired) electrons. The van der Waals surface area contributed by atoms with Gasteiger partial charge in [-0.1, -0.05) is 6.07 Å². The zero-order valence-electron chi connectivity index (χ0n) is 21.3. The molecular formula is C28H34FNO6S. The van der Waals surface area contributed by atoms with Crippen molar-refractivity contribution in [2.75, 3.05) is 27.4 Å². The second-order valence-corrected chi connectivity index (χ2v) is 12.4. The highest BCUT2D eigenvalue weighted by molar-refractivity contribution is 7.87. The molecule has 4 aliphatic carbocycles. The summed E-state index contributed by atoms with van der Waals surface area (Å²) in [6.07, 6.45) is 6.67.